The molecule has 162 valence electrons. The number of methoxy groups -OCH3 is 1. The molecule has 1 heterocycles. The van der Waals surface area contributed by atoms with Crippen LogP contribution < -0.4 is 10.1 Å². The summed E-state index contributed by atoms with van der Waals surface area (Å²) in [7, 11) is 1.50. The lowest BCUT2D eigenvalue weighted by atomic mass is 10.1. The van der Waals surface area contributed by atoms with Crippen LogP contribution in [-0.2, 0) is 17.4 Å². The van der Waals surface area contributed by atoms with Gasteiger partial charge in [-0.25, -0.2) is 9.97 Å². The summed E-state index contributed by atoms with van der Waals surface area (Å²) in [6, 6.07) is 14.8. The molecule has 3 aromatic rings. The molecule has 0 aliphatic carbocycles. The first kappa shape index (κ1) is 22.6. The molecule has 0 aliphatic rings. The van der Waals surface area contributed by atoms with E-state index in [1.54, 1.807) is 36.4 Å². The molecule has 0 saturated carbocycles. The van der Waals surface area contributed by atoms with Gasteiger partial charge in [-0.2, -0.15) is 13.2 Å². The zero-order valence-electron chi connectivity index (χ0n) is 16.9. The summed E-state index contributed by atoms with van der Waals surface area (Å²) in [5.74, 6) is 0.0900. The van der Waals surface area contributed by atoms with Crippen LogP contribution in [0.1, 0.15) is 18.2 Å². The number of carbonyl (C=O) groups excluding carboxylic acids is 1. The first-order valence-corrected chi connectivity index (χ1v) is 10.4. The number of amides is 1. The van der Waals surface area contributed by atoms with Crippen LogP contribution >= 0.6 is 11.8 Å². The Morgan fingerprint density at radius 3 is 2.32 bits per heavy atom. The van der Waals surface area contributed by atoms with E-state index in [1.807, 2.05) is 19.1 Å². The Bertz CT molecular complexity index is 1040. The number of hydrogen-bond acceptors (Lipinski definition) is 5. The number of nitrogens with zero attached hydrogens (tertiary/aromatic N) is 2. The van der Waals surface area contributed by atoms with Gasteiger partial charge in [-0.15, -0.1) is 0 Å². The minimum absolute atomic E-state index is 0.114. The molecule has 9 heteroatoms. The van der Waals surface area contributed by atoms with Gasteiger partial charge in [-0.3, -0.25) is 4.79 Å². The lowest BCUT2D eigenvalue weighted by molar-refractivity contribution is -0.141. The van der Waals surface area contributed by atoms with Gasteiger partial charge in [0.15, 0.2) is 5.16 Å². The summed E-state index contributed by atoms with van der Waals surface area (Å²) in [5.41, 5.74) is 1.29. The van der Waals surface area contributed by atoms with Crippen LogP contribution in [0.15, 0.2) is 59.8 Å². The fourth-order valence-corrected chi connectivity index (χ4v) is 3.35. The van der Waals surface area contributed by atoms with Crippen LogP contribution in [0.25, 0.3) is 11.3 Å². The summed E-state index contributed by atoms with van der Waals surface area (Å²) in [6.45, 7) is 2.03. The number of aryl methyl sites for hydroxylation is 1. The van der Waals surface area contributed by atoms with Crippen LogP contribution in [0.4, 0.5) is 18.9 Å². The van der Waals surface area contributed by atoms with Crippen LogP contribution in [0.2, 0.25) is 0 Å². The fraction of sp³-hybridized carbons (Fsp3) is 0.227. The third kappa shape index (κ3) is 6.21. The second-order valence-corrected chi connectivity index (χ2v) is 7.48. The highest BCUT2D eigenvalue weighted by molar-refractivity contribution is 7.99. The van der Waals surface area contributed by atoms with E-state index in [-0.39, 0.29) is 22.5 Å². The molecule has 0 saturated heterocycles. The maximum absolute atomic E-state index is 13.3. The fourth-order valence-electron chi connectivity index (χ4n) is 2.70. The molecule has 0 aliphatic heterocycles. The second kappa shape index (κ2) is 9.82. The van der Waals surface area contributed by atoms with Crippen molar-refractivity contribution in [1.29, 1.82) is 0 Å². The van der Waals surface area contributed by atoms with Crippen molar-refractivity contribution in [2.45, 2.75) is 24.7 Å². The lowest BCUT2D eigenvalue weighted by Gasteiger charge is -2.11. The normalized spacial score (nSPS) is 11.3. The first-order valence-electron chi connectivity index (χ1n) is 9.40. The zero-order chi connectivity index (χ0) is 22.4. The predicted molar refractivity (Wildman–Crippen MR) is 114 cm³/mol. The third-order valence-corrected chi connectivity index (χ3v) is 5.21. The topological polar surface area (TPSA) is 64.1 Å². The first-order chi connectivity index (χ1) is 14.8. The number of hydrogen-bond donors (Lipinski definition) is 1. The number of nitrogens with one attached hydrogen (secondary N) is 1. The average Bonchev–Trinajstić information content (AvgIpc) is 2.77. The number of anilines is 1. The number of ether oxygens (including phenoxy) is 1. The second-order valence-electron chi connectivity index (χ2n) is 6.53. The van der Waals surface area contributed by atoms with Crippen LogP contribution in [-0.4, -0.2) is 28.7 Å². The van der Waals surface area contributed by atoms with Crippen molar-refractivity contribution in [2.24, 2.45) is 0 Å². The van der Waals surface area contributed by atoms with E-state index < -0.39 is 11.9 Å². The Hall–Kier alpha value is -3.07. The Morgan fingerprint density at radius 2 is 1.74 bits per heavy atom. The van der Waals surface area contributed by atoms with E-state index in [9.17, 15) is 18.0 Å². The molecule has 0 spiro atoms. The van der Waals surface area contributed by atoms with Crippen LogP contribution in [0.3, 0.4) is 0 Å². The Labute approximate surface area is 182 Å². The van der Waals surface area contributed by atoms with E-state index in [1.165, 1.54) is 7.11 Å². The number of alkyl halides is 3. The molecular formula is C22H20F3N3O2S. The van der Waals surface area contributed by atoms with Crippen LogP contribution in [0, 0.1) is 0 Å². The van der Waals surface area contributed by atoms with Gasteiger partial charge in [0.05, 0.1) is 18.6 Å². The van der Waals surface area contributed by atoms with Gasteiger partial charge < -0.3 is 10.1 Å². The van der Waals surface area contributed by atoms with Crippen molar-refractivity contribution >= 4 is 23.4 Å². The van der Waals surface area contributed by atoms with Crippen molar-refractivity contribution in [3.8, 4) is 17.0 Å². The van der Waals surface area contributed by atoms with E-state index in [0.717, 1.165) is 29.8 Å². The molecule has 1 N–H and O–H groups in total. The minimum atomic E-state index is -4.64. The molecule has 0 unspecified atom stereocenters. The molecule has 1 amide bonds. The Morgan fingerprint density at radius 1 is 1.06 bits per heavy atom. The van der Waals surface area contributed by atoms with Crippen LogP contribution in [0.5, 0.6) is 5.75 Å². The van der Waals surface area contributed by atoms with E-state index >= 15 is 0 Å². The Kier molecular flexibility index (Phi) is 7.17. The van der Waals surface area contributed by atoms with Gasteiger partial charge in [-0.05, 0) is 54.4 Å². The van der Waals surface area contributed by atoms with Gasteiger partial charge in [0, 0.05) is 11.3 Å². The van der Waals surface area contributed by atoms with E-state index in [2.05, 4.69) is 15.3 Å². The highest BCUT2D eigenvalue weighted by atomic mass is 32.2. The average molecular weight is 447 g/mol. The number of thioether (sulfide) groups is 1. The monoisotopic (exact) mass is 447 g/mol. The molecule has 3 rings (SSSR count). The van der Waals surface area contributed by atoms with Gasteiger partial charge in [0.1, 0.15) is 11.4 Å². The Balaban J connectivity index is 1.76. The summed E-state index contributed by atoms with van der Waals surface area (Å²) < 4.78 is 45.1. The number of halogens is 3. The standard InChI is InChI=1S/C22H20F3N3O2S/c1-3-14-4-8-16(9-5-14)26-20(29)13-31-21-27-18(12-19(28-21)22(23,24)25)15-6-10-17(30-2)11-7-15/h4-12H,3,13H2,1-2H3,(H,26,29). The van der Waals surface area contributed by atoms with Crippen molar-refractivity contribution in [1.82, 2.24) is 9.97 Å². The summed E-state index contributed by atoms with van der Waals surface area (Å²) in [5, 5.41) is 2.59. The quantitative estimate of drug-likeness (QED) is 0.385. The number of benzene rings is 2. The zero-order valence-corrected chi connectivity index (χ0v) is 17.7. The maximum atomic E-state index is 13.3. The molecule has 0 fully saturated rings. The van der Waals surface area contributed by atoms with E-state index in [0.29, 0.717) is 17.0 Å². The van der Waals surface area contributed by atoms with Gasteiger partial charge >= 0.3 is 6.18 Å². The summed E-state index contributed by atoms with van der Waals surface area (Å²) >= 11 is 0.843. The largest absolute Gasteiger partial charge is 0.497 e. The SMILES string of the molecule is CCc1ccc(NC(=O)CSc2nc(-c3ccc(OC)cc3)cc(C(F)(F)F)n2)cc1. The minimum Gasteiger partial charge on any atom is -0.497 e. The molecule has 0 bridgehead atoms. The molecule has 1 aromatic heterocycles. The van der Waals surface area contributed by atoms with Crippen molar-refractivity contribution in [2.75, 3.05) is 18.2 Å². The number of rotatable bonds is 7. The third-order valence-electron chi connectivity index (χ3n) is 4.36. The lowest BCUT2D eigenvalue weighted by Crippen LogP contribution is -2.15. The molecule has 31 heavy (non-hydrogen) atoms. The van der Waals surface area contributed by atoms with Crippen molar-refractivity contribution < 1.29 is 22.7 Å². The van der Waals surface area contributed by atoms with Gasteiger partial charge in [-0.1, -0.05) is 30.8 Å². The molecule has 2 aromatic carbocycles. The number of carbonyl (C=O) groups is 1. The van der Waals surface area contributed by atoms with Crippen molar-refractivity contribution in [3.63, 3.8) is 0 Å². The number of aromatic nitrogens is 2. The predicted octanol–water partition coefficient (Wildman–Crippen LogP) is 5.46. The van der Waals surface area contributed by atoms with E-state index in [4.69, 9.17) is 4.74 Å². The summed E-state index contributed by atoms with van der Waals surface area (Å²) in [4.78, 5) is 20.0. The van der Waals surface area contributed by atoms with Gasteiger partial charge in [0.25, 0.3) is 0 Å². The molecule has 0 radical (unpaired) electrons. The summed E-state index contributed by atoms with van der Waals surface area (Å²) in [6.07, 6.45) is -3.75. The van der Waals surface area contributed by atoms with Crippen molar-refractivity contribution in [3.05, 3.63) is 65.9 Å². The molecule has 5 nitrogen and oxygen atoms in total. The van der Waals surface area contributed by atoms with Gasteiger partial charge in [0.2, 0.25) is 5.91 Å². The maximum Gasteiger partial charge on any atom is 0.433 e. The highest BCUT2D eigenvalue weighted by Crippen LogP contribution is 2.32. The molecule has 0 atom stereocenters. The molecular weight excluding hydrogens is 427 g/mol. The highest BCUT2D eigenvalue weighted by Gasteiger charge is 2.34. The smallest absolute Gasteiger partial charge is 0.433 e.